The molecule has 0 aliphatic heterocycles. The highest BCUT2D eigenvalue weighted by molar-refractivity contribution is 5.85. The van der Waals surface area contributed by atoms with E-state index in [0.717, 1.165) is 6.42 Å². The highest BCUT2D eigenvalue weighted by Gasteiger charge is 2.36. The summed E-state index contributed by atoms with van der Waals surface area (Å²) in [6.07, 6.45) is 2.58. The zero-order valence-corrected chi connectivity index (χ0v) is 7.27. The Bertz CT molecular complexity index is 351. The Morgan fingerprint density at radius 1 is 1.69 bits per heavy atom. The van der Waals surface area contributed by atoms with Crippen molar-refractivity contribution in [1.29, 1.82) is 0 Å². The molecule has 0 radical (unpaired) electrons. The molecule has 1 N–H and O–H groups in total. The lowest BCUT2D eigenvalue weighted by Crippen LogP contribution is -2.03. The quantitative estimate of drug-likeness (QED) is 0.741. The van der Waals surface area contributed by atoms with Gasteiger partial charge in [0.05, 0.1) is 0 Å². The Morgan fingerprint density at radius 2 is 2.38 bits per heavy atom. The van der Waals surface area contributed by atoms with E-state index in [1.54, 1.807) is 0 Å². The van der Waals surface area contributed by atoms with Crippen LogP contribution in [0.2, 0.25) is 0 Å². The summed E-state index contributed by atoms with van der Waals surface area (Å²) in [6.45, 7) is 2.11. The summed E-state index contributed by atoms with van der Waals surface area (Å²) in [5.41, 5.74) is 0.0871. The monoisotopic (exact) mass is 178 g/mol. The Kier molecular flexibility index (Phi) is 1.76. The maximum atomic E-state index is 10.6. The number of hydrogen-bond donors (Lipinski definition) is 1. The van der Waals surface area contributed by atoms with Gasteiger partial charge in [-0.05, 0) is 18.4 Å². The molecular weight excluding hydrogens is 168 g/mol. The van der Waals surface area contributed by atoms with Gasteiger partial charge in [0.1, 0.15) is 5.82 Å². The Balaban J connectivity index is 2.28. The second kappa shape index (κ2) is 2.80. The van der Waals surface area contributed by atoms with Crippen molar-refractivity contribution in [2.24, 2.45) is 5.92 Å². The van der Waals surface area contributed by atoms with E-state index in [1.807, 2.05) is 0 Å². The van der Waals surface area contributed by atoms with E-state index >= 15 is 0 Å². The van der Waals surface area contributed by atoms with Crippen LogP contribution in [0, 0.1) is 5.92 Å². The molecule has 1 aliphatic rings. The van der Waals surface area contributed by atoms with Crippen molar-refractivity contribution < 1.29 is 9.90 Å². The topological polar surface area (TPSA) is 63.1 Å². The lowest BCUT2D eigenvalue weighted by Gasteiger charge is -1.97. The molecule has 2 unspecified atom stereocenters. The molecule has 4 heteroatoms. The second-order valence-corrected chi connectivity index (χ2v) is 3.42. The van der Waals surface area contributed by atoms with Gasteiger partial charge in [-0.1, -0.05) is 6.92 Å². The first-order valence-electron chi connectivity index (χ1n) is 4.24. The number of carbonyl (C=O) groups is 1. The van der Waals surface area contributed by atoms with E-state index in [0.29, 0.717) is 17.7 Å². The minimum Gasteiger partial charge on any atom is -0.477 e. The number of aromatic carboxylic acids is 1. The molecule has 1 aromatic heterocycles. The Hall–Kier alpha value is -1.45. The molecule has 2 rings (SSSR count). The molecule has 4 nitrogen and oxygen atoms in total. The van der Waals surface area contributed by atoms with Gasteiger partial charge in [0, 0.05) is 12.1 Å². The molecular formula is C9H10N2O2. The van der Waals surface area contributed by atoms with E-state index in [2.05, 4.69) is 16.9 Å². The highest BCUT2D eigenvalue weighted by atomic mass is 16.4. The number of nitrogens with zero attached hydrogens (tertiary/aromatic N) is 2. The molecule has 1 heterocycles. The smallest absolute Gasteiger partial charge is 0.354 e. The molecule has 0 spiro atoms. The average Bonchev–Trinajstić information content (AvgIpc) is 2.83. The zero-order valence-electron chi connectivity index (χ0n) is 7.27. The molecule has 2 atom stereocenters. The van der Waals surface area contributed by atoms with E-state index in [4.69, 9.17) is 5.11 Å². The van der Waals surface area contributed by atoms with E-state index in [-0.39, 0.29) is 5.69 Å². The van der Waals surface area contributed by atoms with Gasteiger partial charge < -0.3 is 5.11 Å². The summed E-state index contributed by atoms with van der Waals surface area (Å²) in [4.78, 5) is 18.6. The van der Waals surface area contributed by atoms with Gasteiger partial charge in [-0.15, -0.1) is 0 Å². The number of rotatable bonds is 2. The van der Waals surface area contributed by atoms with E-state index < -0.39 is 5.97 Å². The van der Waals surface area contributed by atoms with Crippen LogP contribution in [0.15, 0.2) is 12.3 Å². The molecule has 0 amide bonds. The first kappa shape index (κ1) is 8.16. The fraction of sp³-hybridized carbons (Fsp3) is 0.444. The summed E-state index contributed by atoms with van der Waals surface area (Å²) in [5, 5.41) is 8.69. The number of carboxylic acids is 1. The highest BCUT2D eigenvalue weighted by Crippen LogP contribution is 2.45. The van der Waals surface area contributed by atoms with Crippen molar-refractivity contribution in [3.8, 4) is 0 Å². The SMILES string of the molecule is CC1CC1c1nccc(C(=O)O)n1. The van der Waals surface area contributed by atoms with Crippen molar-refractivity contribution in [2.45, 2.75) is 19.3 Å². The maximum Gasteiger partial charge on any atom is 0.354 e. The third kappa shape index (κ3) is 1.52. The van der Waals surface area contributed by atoms with Gasteiger partial charge in [0.15, 0.2) is 5.69 Å². The third-order valence-corrected chi connectivity index (χ3v) is 2.33. The van der Waals surface area contributed by atoms with Crippen molar-refractivity contribution >= 4 is 5.97 Å². The normalized spacial score (nSPS) is 25.6. The first-order valence-corrected chi connectivity index (χ1v) is 4.24. The van der Waals surface area contributed by atoms with Crippen LogP contribution in [0.3, 0.4) is 0 Å². The summed E-state index contributed by atoms with van der Waals surface area (Å²) < 4.78 is 0. The Morgan fingerprint density at radius 3 is 2.92 bits per heavy atom. The van der Waals surface area contributed by atoms with Crippen LogP contribution < -0.4 is 0 Å². The van der Waals surface area contributed by atoms with Gasteiger partial charge in [-0.25, -0.2) is 14.8 Å². The first-order chi connectivity index (χ1) is 6.18. The van der Waals surface area contributed by atoms with Crippen LogP contribution in [0.5, 0.6) is 0 Å². The summed E-state index contributed by atoms with van der Waals surface area (Å²) >= 11 is 0. The van der Waals surface area contributed by atoms with Gasteiger partial charge in [0.25, 0.3) is 0 Å². The molecule has 1 aliphatic carbocycles. The summed E-state index contributed by atoms with van der Waals surface area (Å²) in [5.74, 6) is 0.660. The molecule has 1 saturated carbocycles. The molecule has 0 saturated heterocycles. The zero-order chi connectivity index (χ0) is 9.42. The van der Waals surface area contributed by atoms with Gasteiger partial charge >= 0.3 is 5.97 Å². The van der Waals surface area contributed by atoms with Crippen molar-refractivity contribution in [1.82, 2.24) is 9.97 Å². The van der Waals surface area contributed by atoms with Gasteiger partial charge in [-0.3, -0.25) is 0 Å². The largest absolute Gasteiger partial charge is 0.477 e. The van der Waals surface area contributed by atoms with Crippen LogP contribution in [0.4, 0.5) is 0 Å². The number of aromatic nitrogens is 2. The molecule has 13 heavy (non-hydrogen) atoms. The standard InChI is InChI=1S/C9H10N2O2/c1-5-4-6(5)8-10-3-2-7(11-8)9(12)13/h2-3,5-6H,4H2,1H3,(H,12,13). The van der Waals surface area contributed by atoms with Crippen LogP contribution in [-0.4, -0.2) is 21.0 Å². The average molecular weight is 178 g/mol. The predicted octanol–water partition coefficient (Wildman–Crippen LogP) is 1.30. The van der Waals surface area contributed by atoms with Crippen LogP contribution in [0.1, 0.15) is 35.6 Å². The maximum absolute atomic E-state index is 10.6. The fourth-order valence-corrected chi connectivity index (χ4v) is 1.35. The third-order valence-electron chi connectivity index (χ3n) is 2.33. The van der Waals surface area contributed by atoms with E-state index in [9.17, 15) is 4.79 Å². The van der Waals surface area contributed by atoms with E-state index in [1.165, 1.54) is 12.3 Å². The molecule has 0 bridgehead atoms. The van der Waals surface area contributed by atoms with Crippen LogP contribution >= 0.6 is 0 Å². The lowest BCUT2D eigenvalue weighted by molar-refractivity contribution is 0.0690. The molecule has 68 valence electrons. The predicted molar refractivity (Wildman–Crippen MR) is 45.5 cm³/mol. The lowest BCUT2D eigenvalue weighted by atomic mass is 10.3. The number of carboxylic acid groups (broad SMARTS) is 1. The van der Waals surface area contributed by atoms with Gasteiger partial charge in [0.2, 0.25) is 0 Å². The van der Waals surface area contributed by atoms with Crippen molar-refractivity contribution in [3.63, 3.8) is 0 Å². The summed E-state index contributed by atoms with van der Waals surface area (Å²) in [6, 6.07) is 1.42. The number of hydrogen-bond acceptors (Lipinski definition) is 3. The minimum atomic E-state index is -0.989. The molecule has 1 fully saturated rings. The van der Waals surface area contributed by atoms with Gasteiger partial charge in [-0.2, -0.15) is 0 Å². The molecule has 1 aromatic rings. The van der Waals surface area contributed by atoms with Crippen LogP contribution in [-0.2, 0) is 0 Å². The Labute approximate surface area is 75.6 Å². The van der Waals surface area contributed by atoms with Crippen LogP contribution in [0.25, 0.3) is 0 Å². The van der Waals surface area contributed by atoms with Crippen molar-refractivity contribution in [2.75, 3.05) is 0 Å². The minimum absolute atomic E-state index is 0.0871. The summed E-state index contributed by atoms with van der Waals surface area (Å²) in [7, 11) is 0. The second-order valence-electron chi connectivity index (χ2n) is 3.42. The van der Waals surface area contributed by atoms with Crippen molar-refractivity contribution in [3.05, 3.63) is 23.8 Å². The molecule has 0 aromatic carbocycles. The fourth-order valence-electron chi connectivity index (χ4n) is 1.35.